The van der Waals surface area contributed by atoms with Crippen molar-refractivity contribution < 1.29 is 13.2 Å². The summed E-state index contributed by atoms with van der Waals surface area (Å²) in [5, 5.41) is 0. The zero-order chi connectivity index (χ0) is 10.3. The molecule has 1 aliphatic carbocycles. The van der Waals surface area contributed by atoms with Crippen molar-refractivity contribution >= 4 is 15.8 Å². The van der Waals surface area contributed by atoms with Crippen molar-refractivity contribution in [2.24, 2.45) is 11.8 Å². The molecule has 0 spiro atoms. The van der Waals surface area contributed by atoms with E-state index in [9.17, 15) is 13.2 Å². The van der Waals surface area contributed by atoms with E-state index in [1.54, 1.807) is 0 Å². The van der Waals surface area contributed by atoms with Crippen LogP contribution in [0.4, 0.5) is 0 Å². The summed E-state index contributed by atoms with van der Waals surface area (Å²) in [7, 11) is -3.09. The number of hydrogen-bond acceptors (Lipinski definition) is 3. The van der Waals surface area contributed by atoms with E-state index in [4.69, 9.17) is 0 Å². The molecule has 80 valence electrons. The van der Waals surface area contributed by atoms with Crippen molar-refractivity contribution in [2.45, 2.75) is 19.3 Å². The van der Waals surface area contributed by atoms with Crippen molar-refractivity contribution in [1.29, 1.82) is 0 Å². The number of carbonyl (C=O) groups excluding carboxylic acids is 1. The van der Waals surface area contributed by atoms with Gasteiger partial charge in [0.25, 0.3) is 0 Å². The second kappa shape index (κ2) is 3.31. The maximum Gasteiger partial charge on any atom is 0.211 e. The molecule has 0 amide bonds. The largest absolute Gasteiger partial charge is 0.299 e. The summed E-state index contributed by atoms with van der Waals surface area (Å²) >= 11 is 0. The molecule has 0 N–H and O–H groups in total. The summed E-state index contributed by atoms with van der Waals surface area (Å²) in [6.45, 7) is 0.927. The molecule has 1 saturated carbocycles. The highest BCUT2D eigenvalue weighted by Gasteiger charge is 2.39. The molecule has 0 radical (unpaired) electrons. The number of nitrogens with zero attached hydrogens (tertiary/aromatic N) is 1. The van der Waals surface area contributed by atoms with Gasteiger partial charge in [0.2, 0.25) is 10.0 Å². The van der Waals surface area contributed by atoms with E-state index in [1.807, 2.05) is 0 Å². The summed E-state index contributed by atoms with van der Waals surface area (Å²) < 4.78 is 23.8. The lowest BCUT2D eigenvalue weighted by molar-refractivity contribution is -0.123. The minimum Gasteiger partial charge on any atom is -0.299 e. The van der Waals surface area contributed by atoms with Crippen LogP contribution in [0.25, 0.3) is 0 Å². The fourth-order valence-corrected chi connectivity index (χ4v) is 2.85. The van der Waals surface area contributed by atoms with E-state index in [1.165, 1.54) is 10.6 Å². The van der Waals surface area contributed by atoms with Gasteiger partial charge in [-0.1, -0.05) is 0 Å². The second-order valence-corrected chi connectivity index (χ2v) is 6.27. The van der Waals surface area contributed by atoms with Crippen LogP contribution in [0.5, 0.6) is 0 Å². The molecule has 2 aliphatic rings. The van der Waals surface area contributed by atoms with Gasteiger partial charge >= 0.3 is 0 Å². The SMILES string of the molecule is CS(=O)(=O)N1CCC(C(=O)C2CC2)C1. The van der Waals surface area contributed by atoms with Crippen LogP contribution in [0.2, 0.25) is 0 Å². The zero-order valence-corrected chi connectivity index (χ0v) is 9.09. The molecular weight excluding hydrogens is 202 g/mol. The van der Waals surface area contributed by atoms with Crippen LogP contribution in [0.1, 0.15) is 19.3 Å². The van der Waals surface area contributed by atoms with E-state index in [0.29, 0.717) is 19.5 Å². The van der Waals surface area contributed by atoms with Gasteiger partial charge in [-0.25, -0.2) is 12.7 Å². The molecule has 0 aromatic carbocycles. The average Bonchev–Trinajstić information content (AvgIpc) is 2.79. The summed E-state index contributed by atoms with van der Waals surface area (Å²) in [6, 6.07) is 0. The summed E-state index contributed by atoms with van der Waals surface area (Å²) in [5.74, 6) is 0.507. The van der Waals surface area contributed by atoms with Gasteiger partial charge in [-0.05, 0) is 19.3 Å². The quantitative estimate of drug-likeness (QED) is 0.681. The van der Waals surface area contributed by atoms with Crippen LogP contribution in [0.15, 0.2) is 0 Å². The summed E-state index contributed by atoms with van der Waals surface area (Å²) in [4.78, 5) is 11.7. The predicted molar refractivity (Wildman–Crippen MR) is 52.3 cm³/mol. The van der Waals surface area contributed by atoms with Gasteiger partial charge in [-0.3, -0.25) is 4.79 Å². The number of rotatable bonds is 3. The van der Waals surface area contributed by atoms with Crippen molar-refractivity contribution in [2.75, 3.05) is 19.3 Å². The normalized spacial score (nSPS) is 29.4. The van der Waals surface area contributed by atoms with E-state index < -0.39 is 10.0 Å². The van der Waals surface area contributed by atoms with Crippen LogP contribution in [-0.4, -0.2) is 37.9 Å². The zero-order valence-electron chi connectivity index (χ0n) is 8.27. The lowest BCUT2D eigenvalue weighted by Crippen LogP contribution is -2.29. The van der Waals surface area contributed by atoms with Crippen LogP contribution < -0.4 is 0 Å². The molecular formula is C9H15NO3S. The molecule has 0 aromatic rings. The molecule has 5 heteroatoms. The third kappa shape index (κ3) is 1.98. The van der Waals surface area contributed by atoms with Crippen molar-refractivity contribution in [3.8, 4) is 0 Å². The third-order valence-corrected chi connectivity index (χ3v) is 4.27. The van der Waals surface area contributed by atoms with Crippen LogP contribution in [-0.2, 0) is 14.8 Å². The Morgan fingerprint density at radius 1 is 1.21 bits per heavy atom. The molecule has 0 bridgehead atoms. The van der Waals surface area contributed by atoms with Gasteiger partial charge < -0.3 is 0 Å². The molecule has 1 unspecified atom stereocenters. The number of sulfonamides is 1. The van der Waals surface area contributed by atoms with E-state index in [0.717, 1.165) is 12.8 Å². The van der Waals surface area contributed by atoms with Gasteiger partial charge in [0.1, 0.15) is 5.78 Å². The van der Waals surface area contributed by atoms with Crippen molar-refractivity contribution in [1.82, 2.24) is 4.31 Å². The summed E-state index contributed by atoms with van der Waals surface area (Å²) in [6.07, 6.45) is 3.93. The van der Waals surface area contributed by atoms with Gasteiger partial charge in [0, 0.05) is 24.9 Å². The monoisotopic (exact) mass is 217 g/mol. The first-order chi connectivity index (χ1) is 6.48. The van der Waals surface area contributed by atoms with Crippen LogP contribution in [0.3, 0.4) is 0 Å². The first-order valence-electron chi connectivity index (χ1n) is 4.97. The Bertz CT molecular complexity index is 345. The Balaban J connectivity index is 1.97. The van der Waals surface area contributed by atoms with Gasteiger partial charge in [-0.15, -0.1) is 0 Å². The average molecular weight is 217 g/mol. The minimum atomic E-state index is -3.09. The molecule has 2 rings (SSSR count). The lowest BCUT2D eigenvalue weighted by Gasteiger charge is -2.12. The molecule has 1 atom stereocenters. The molecule has 1 saturated heterocycles. The third-order valence-electron chi connectivity index (χ3n) is 3.00. The molecule has 2 fully saturated rings. The first kappa shape index (κ1) is 10.1. The highest BCUT2D eigenvalue weighted by Crippen LogP contribution is 2.35. The smallest absolute Gasteiger partial charge is 0.211 e. The minimum absolute atomic E-state index is 0.0303. The summed E-state index contributed by atoms with van der Waals surface area (Å²) in [5.41, 5.74) is 0. The predicted octanol–water partition coefficient (Wildman–Crippen LogP) is 0.247. The lowest BCUT2D eigenvalue weighted by atomic mass is 10.0. The number of ketones is 1. The van der Waals surface area contributed by atoms with Gasteiger partial charge in [-0.2, -0.15) is 0 Å². The fourth-order valence-electron chi connectivity index (χ4n) is 1.96. The Labute approximate surface area is 84.3 Å². The van der Waals surface area contributed by atoms with Gasteiger partial charge in [0.15, 0.2) is 0 Å². The fraction of sp³-hybridized carbons (Fsp3) is 0.889. The molecule has 1 heterocycles. The molecule has 4 nitrogen and oxygen atoms in total. The van der Waals surface area contributed by atoms with Gasteiger partial charge in [0.05, 0.1) is 6.26 Å². The standard InChI is InChI=1S/C9H15NO3S/c1-14(12,13)10-5-4-8(6-10)9(11)7-2-3-7/h7-8H,2-6H2,1H3. The molecule has 0 aromatic heterocycles. The van der Waals surface area contributed by atoms with Crippen LogP contribution in [0, 0.1) is 11.8 Å². The Morgan fingerprint density at radius 2 is 1.86 bits per heavy atom. The van der Waals surface area contributed by atoms with E-state index in [2.05, 4.69) is 0 Å². The van der Waals surface area contributed by atoms with E-state index >= 15 is 0 Å². The highest BCUT2D eigenvalue weighted by molar-refractivity contribution is 7.88. The van der Waals surface area contributed by atoms with E-state index in [-0.39, 0.29) is 17.6 Å². The van der Waals surface area contributed by atoms with Crippen LogP contribution >= 0.6 is 0 Å². The number of Topliss-reactive ketones (excluding diaryl/α,β-unsaturated/α-hetero) is 1. The van der Waals surface area contributed by atoms with Crippen molar-refractivity contribution in [3.05, 3.63) is 0 Å². The Kier molecular flexibility index (Phi) is 2.39. The second-order valence-electron chi connectivity index (χ2n) is 4.28. The molecule has 1 aliphatic heterocycles. The maximum absolute atomic E-state index is 11.7. The first-order valence-corrected chi connectivity index (χ1v) is 6.82. The Hall–Kier alpha value is -0.420. The maximum atomic E-state index is 11.7. The Morgan fingerprint density at radius 3 is 2.29 bits per heavy atom. The number of carbonyl (C=O) groups is 1. The number of hydrogen-bond donors (Lipinski definition) is 0. The highest BCUT2D eigenvalue weighted by atomic mass is 32.2. The molecule has 14 heavy (non-hydrogen) atoms. The topological polar surface area (TPSA) is 54.5 Å². The van der Waals surface area contributed by atoms with Crippen molar-refractivity contribution in [3.63, 3.8) is 0 Å².